The summed E-state index contributed by atoms with van der Waals surface area (Å²) in [5.74, 6) is 0.222. The first-order chi connectivity index (χ1) is 11.6. The lowest BCUT2D eigenvalue weighted by Crippen LogP contribution is -2.50. The molecule has 0 aromatic carbocycles. The normalized spacial score (nSPS) is 14.9. The van der Waals surface area contributed by atoms with E-state index in [1.54, 1.807) is 0 Å². The third-order valence-electron chi connectivity index (χ3n) is 4.52. The number of amides is 2. The Labute approximate surface area is 145 Å². The van der Waals surface area contributed by atoms with Crippen LogP contribution >= 0.6 is 11.3 Å². The number of thiophene rings is 1. The number of rotatable bonds is 4. The maximum absolute atomic E-state index is 12.4. The number of piperazine rings is 1. The molecule has 128 valence electrons. The van der Waals surface area contributed by atoms with Gasteiger partial charge in [-0.05, 0) is 37.3 Å². The quantitative estimate of drug-likeness (QED) is 0.921. The van der Waals surface area contributed by atoms with Crippen molar-refractivity contribution in [3.63, 3.8) is 0 Å². The van der Waals surface area contributed by atoms with Crippen LogP contribution in [0.1, 0.15) is 33.0 Å². The number of nitrogens with zero attached hydrogens (tertiary/aromatic N) is 3. The second kappa shape index (κ2) is 7.17. The number of aromatic nitrogens is 2. The number of hydrogen-bond donors (Lipinski definition) is 1. The number of aromatic amines is 1. The lowest BCUT2D eigenvalue weighted by atomic mass is 10.1. The lowest BCUT2D eigenvalue weighted by molar-refractivity contribution is -0.132. The van der Waals surface area contributed by atoms with Gasteiger partial charge in [0, 0.05) is 38.3 Å². The molecule has 0 unspecified atom stereocenters. The molecule has 0 aliphatic carbocycles. The Morgan fingerprint density at radius 2 is 1.92 bits per heavy atom. The van der Waals surface area contributed by atoms with Crippen LogP contribution in [0.5, 0.6) is 0 Å². The molecule has 1 fully saturated rings. The van der Waals surface area contributed by atoms with Crippen molar-refractivity contribution in [2.45, 2.75) is 26.7 Å². The summed E-state index contributed by atoms with van der Waals surface area (Å²) in [6.45, 7) is 6.37. The highest BCUT2D eigenvalue weighted by atomic mass is 32.1. The van der Waals surface area contributed by atoms with Crippen LogP contribution in [0.3, 0.4) is 0 Å². The summed E-state index contributed by atoms with van der Waals surface area (Å²) in [5.41, 5.74) is 3.13. The molecule has 0 radical (unpaired) electrons. The van der Waals surface area contributed by atoms with Crippen LogP contribution in [0.4, 0.5) is 0 Å². The average molecular weight is 346 g/mol. The van der Waals surface area contributed by atoms with E-state index in [1.807, 2.05) is 41.2 Å². The zero-order valence-corrected chi connectivity index (χ0v) is 14.9. The van der Waals surface area contributed by atoms with E-state index in [-0.39, 0.29) is 11.8 Å². The Morgan fingerprint density at radius 1 is 1.21 bits per heavy atom. The molecule has 3 rings (SSSR count). The molecule has 3 heterocycles. The summed E-state index contributed by atoms with van der Waals surface area (Å²) < 4.78 is 0. The highest BCUT2D eigenvalue weighted by Crippen LogP contribution is 2.16. The maximum atomic E-state index is 12.4. The van der Waals surface area contributed by atoms with Gasteiger partial charge in [-0.1, -0.05) is 6.07 Å². The number of carbonyl (C=O) groups is 2. The fourth-order valence-corrected chi connectivity index (χ4v) is 3.74. The monoisotopic (exact) mass is 346 g/mol. The van der Waals surface area contributed by atoms with Crippen LogP contribution in [-0.4, -0.2) is 58.0 Å². The van der Waals surface area contributed by atoms with Crippen molar-refractivity contribution in [1.29, 1.82) is 0 Å². The average Bonchev–Trinajstić information content (AvgIpc) is 3.23. The van der Waals surface area contributed by atoms with Gasteiger partial charge in [-0.25, -0.2) is 0 Å². The zero-order chi connectivity index (χ0) is 17.1. The van der Waals surface area contributed by atoms with Gasteiger partial charge < -0.3 is 9.80 Å². The first-order valence-electron chi connectivity index (χ1n) is 8.17. The number of nitrogens with one attached hydrogen (secondary N) is 1. The lowest BCUT2D eigenvalue weighted by Gasteiger charge is -2.34. The van der Waals surface area contributed by atoms with Gasteiger partial charge in [0.25, 0.3) is 5.91 Å². The van der Waals surface area contributed by atoms with Crippen molar-refractivity contribution in [1.82, 2.24) is 20.0 Å². The molecule has 0 bridgehead atoms. The number of aryl methyl sites for hydroxylation is 2. The minimum Gasteiger partial charge on any atom is -0.339 e. The van der Waals surface area contributed by atoms with E-state index >= 15 is 0 Å². The van der Waals surface area contributed by atoms with E-state index in [4.69, 9.17) is 0 Å². The SMILES string of the molecule is Cc1n[nH]c(C)c1CCC(=O)N1CCN(C(=O)c2cccs2)CC1. The molecule has 2 aromatic rings. The Morgan fingerprint density at radius 3 is 2.50 bits per heavy atom. The van der Waals surface area contributed by atoms with Crippen molar-refractivity contribution in [3.8, 4) is 0 Å². The third kappa shape index (κ3) is 3.51. The van der Waals surface area contributed by atoms with Gasteiger partial charge in [-0.15, -0.1) is 11.3 Å². The van der Waals surface area contributed by atoms with Crippen molar-refractivity contribution in [2.24, 2.45) is 0 Å². The number of H-pyrrole nitrogens is 1. The summed E-state index contributed by atoms with van der Waals surface area (Å²) in [6.07, 6.45) is 1.20. The van der Waals surface area contributed by atoms with E-state index in [9.17, 15) is 9.59 Å². The summed E-state index contributed by atoms with van der Waals surface area (Å²) in [4.78, 5) is 29.2. The fourth-order valence-electron chi connectivity index (χ4n) is 3.05. The minimum absolute atomic E-state index is 0.0711. The minimum atomic E-state index is 0.0711. The Balaban J connectivity index is 1.49. The Kier molecular flexibility index (Phi) is 4.99. The predicted octanol–water partition coefficient (Wildman–Crippen LogP) is 2.01. The van der Waals surface area contributed by atoms with Crippen LogP contribution in [0.25, 0.3) is 0 Å². The highest BCUT2D eigenvalue weighted by molar-refractivity contribution is 7.12. The van der Waals surface area contributed by atoms with Gasteiger partial charge in [0.1, 0.15) is 0 Å². The molecular weight excluding hydrogens is 324 g/mol. The van der Waals surface area contributed by atoms with Gasteiger partial charge in [-0.2, -0.15) is 5.10 Å². The molecule has 1 saturated heterocycles. The molecule has 6 nitrogen and oxygen atoms in total. The van der Waals surface area contributed by atoms with Crippen LogP contribution in [-0.2, 0) is 11.2 Å². The van der Waals surface area contributed by atoms with E-state index in [2.05, 4.69) is 10.2 Å². The van der Waals surface area contributed by atoms with Crippen molar-refractivity contribution in [2.75, 3.05) is 26.2 Å². The largest absolute Gasteiger partial charge is 0.339 e. The molecular formula is C17H22N4O2S. The molecule has 1 N–H and O–H groups in total. The summed E-state index contributed by atoms with van der Waals surface area (Å²) >= 11 is 1.46. The molecule has 0 atom stereocenters. The van der Waals surface area contributed by atoms with E-state index in [0.717, 1.165) is 21.8 Å². The number of carbonyl (C=O) groups excluding carboxylic acids is 2. The molecule has 0 spiro atoms. The Bertz CT molecular complexity index is 696. The first-order valence-corrected chi connectivity index (χ1v) is 9.05. The van der Waals surface area contributed by atoms with Gasteiger partial charge in [0.05, 0.1) is 10.6 Å². The molecule has 2 amide bonds. The van der Waals surface area contributed by atoms with Crippen molar-refractivity contribution in [3.05, 3.63) is 39.3 Å². The van der Waals surface area contributed by atoms with Crippen molar-refractivity contribution >= 4 is 23.2 Å². The molecule has 1 aliphatic heterocycles. The molecule has 1 aliphatic rings. The van der Waals surface area contributed by atoms with E-state index in [0.29, 0.717) is 39.0 Å². The molecule has 7 heteroatoms. The smallest absolute Gasteiger partial charge is 0.264 e. The molecule has 0 saturated carbocycles. The van der Waals surface area contributed by atoms with Crippen LogP contribution in [0, 0.1) is 13.8 Å². The second-order valence-corrected chi connectivity index (χ2v) is 7.01. The molecule has 24 heavy (non-hydrogen) atoms. The summed E-state index contributed by atoms with van der Waals surface area (Å²) in [6, 6.07) is 3.73. The Hall–Kier alpha value is -2.15. The summed E-state index contributed by atoms with van der Waals surface area (Å²) in [5, 5.41) is 9.03. The fraction of sp³-hybridized carbons (Fsp3) is 0.471. The zero-order valence-electron chi connectivity index (χ0n) is 14.0. The van der Waals surface area contributed by atoms with Crippen LogP contribution < -0.4 is 0 Å². The predicted molar refractivity (Wildman–Crippen MR) is 93.2 cm³/mol. The standard InChI is InChI=1S/C17H22N4O2S/c1-12-14(13(2)19-18-12)5-6-16(22)20-7-9-21(10-8-20)17(23)15-4-3-11-24-15/h3-4,11H,5-10H2,1-2H3,(H,18,19). The summed E-state index contributed by atoms with van der Waals surface area (Å²) in [7, 11) is 0. The highest BCUT2D eigenvalue weighted by Gasteiger charge is 2.25. The van der Waals surface area contributed by atoms with E-state index in [1.165, 1.54) is 11.3 Å². The van der Waals surface area contributed by atoms with E-state index < -0.39 is 0 Å². The second-order valence-electron chi connectivity index (χ2n) is 6.06. The van der Waals surface area contributed by atoms with Gasteiger partial charge in [0.15, 0.2) is 0 Å². The maximum Gasteiger partial charge on any atom is 0.264 e. The van der Waals surface area contributed by atoms with Gasteiger partial charge in [-0.3, -0.25) is 14.7 Å². The number of hydrogen-bond acceptors (Lipinski definition) is 4. The van der Waals surface area contributed by atoms with Gasteiger partial charge in [0.2, 0.25) is 5.91 Å². The van der Waals surface area contributed by atoms with Crippen LogP contribution in [0.15, 0.2) is 17.5 Å². The van der Waals surface area contributed by atoms with Crippen molar-refractivity contribution < 1.29 is 9.59 Å². The third-order valence-corrected chi connectivity index (χ3v) is 5.38. The first kappa shape index (κ1) is 16.7. The molecule has 2 aromatic heterocycles. The van der Waals surface area contributed by atoms with Crippen LogP contribution in [0.2, 0.25) is 0 Å². The topological polar surface area (TPSA) is 69.3 Å². The van der Waals surface area contributed by atoms with Gasteiger partial charge >= 0.3 is 0 Å².